The van der Waals surface area contributed by atoms with E-state index >= 15 is 0 Å². The predicted octanol–water partition coefficient (Wildman–Crippen LogP) is 2.53. The van der Waals surface area contributed by atoms with Crippen molar-refractivity contribution in [2.45, 2.75) is 31.9 Å². The zero-order valence-electron chi connectivity index (χ0n) is 13.9. The van der Waals surface area contributed by atoms with Gasteiger partial charge in [0.15, 0.2) is 0 Å². The molecule has 1 aliphatic rings. The smallest absolute Gasteiger partial charge is 0.246 e. The molecule has 5 heteroatoms. The molecule has 1 aromatic heterocycles. The minimum atomic E-state index is -0.361. The lowest BCUT2D eigenvalue weighted by Gasteiger charge is -2.35. The zero-order valence-corrected chi connectivity index (χ0v) is 13.9. The Balaban J connectivity index is 1.81. The van der Waals surface area contributed by atoms with Gasteiger partial charge in [-0.25, -0.2) is 0 Å². The van der Waals surface area contributed by atoms with Gasteiger partial charge in [0, 0.05) is 18.8 Å². The van der Waals surface area contributed by atoms with Gasteiger partial charge in [-0.1, -0.05) is 30.3 Å². The molecule has 1 atom stereocenters. The molecule has 2 aromatic rings. The molecule has 5 nitrogen and oxygen atoms in total. The quantitative estimate of drug-likeness (QED) is 0.906. The van der Waals surface area contributed by atoms with Gasteiger partial charge in [0.05, 0.1) is 18.0 Å². The van der Waals surface area contributed by atoms with E-state index in [0.717, 1.165) is 11.3 Å². The minimum Gasteiger partial charge on any atom is -0.393 e. The van der Waals surface area contributed by atoms with E-state index in [9.17, 15) is 9.90 Å². The van der Waals surface area contributed by atoms with Gasteiger partial charge in [0.25, 0.3) is 0 Å². The molecular formula is C19H23N3O2. The van der Waals surface area contributed by atoms with Gasteiger partial charge in [-0.15, -0.1) is 0 Å². The number of amides is 1. The van der Waals surface area contributed by atoms with Crippen LogP contribution in [0.1, 0.15) is 30.1 Å². The molecule has 1 amide bonds. The van der Waals surface area contributed by atoms with Gasteiger partial charge in [-0.3, -0.25) is 14.7 Å². The van der Waals surface area contributed by atoms with Crippen molar-refractivity contribution in [2.75, 3.05) is 18.4 Å². The topological polar surface area (TPSA) is 65.5 Å². The van der Waals surface area contributed by atoms with Crippen molar-refractivity contribution in [1.82, 2.24) is 9.88 Å². The third kappa shape index (κ3) is 3.99. The number of pyridine rings is 1. The monoisotopic (exact) mass is 325 g/mol. The molecule has 0 bridgehead atoms. The van der Waals surface area contributed by atoms with E-state index in [4.69, 9.17) is 0 Å². The predicted molar refractivity (Wildman–Crippen MR) is 93.6 cm³/mol. The number of aryl methyl sites for hydroxylation is 1. The fourth-order valence-corrected chi connectivity index (χ4v) is 3.06. The zero-order chi connectivity index (χ0) is 16.9. The minimum absolute atomic E-state index is 0.0664. The van der Waals surface area contributed by atoms with Crippen molar-refractivity contribution in [1.29, 1.82) is 0 Å². The highest BCUT2D eigenvalue weighted by atomic mass is 16.3. The van der Waals surface area contributed by atoms with E-state index in [1.54, 1.807) is 6.20 Å². The number of rotatable bonds is 4. The Morgan fingerprint density at radius 2 is 1.92 bits per heavy atom. The summed E-state index contributed by atoms with van der Waals surface area (Å²) in [7, 11) is 0. The van der Waals surface area contributed by atoms with Crippen LogP contribution in [0.3, 0.4) is 0 Å². The van der Waals surface area contributed by atoms with Crippen molar-refractivity contribution in [3.8, 4) is 0 Å². The summed E-state index contributed by atoms with van der Waals surface area (Å²) >= 11 is 0. The van der Waals surface area contributed by atoms with Gasteiger partial charge in [0.1, 0.15) is 6.04 Å². The number of benzene rings is 1. The van der Waals surface area contributed by atoms with E-state index in [1.165, 1.54) is 0 Å². The van der Waals surface area contributed by atoms with Crippen LogP contribution in [0, 0.1) is 6.92 Å². The summed E-state index contributed by atoms with van der Waals surface area (Å²) in [5.74, 6) is -0.0664. The maximum atomic E-state index is 12.9. The van der Waals surface area contributed by atoms with Crippen molar-refractivity contribution in [3.63, 3.8) is 0 Å². The lowest BCUT2D eigenvalue weighted by atomic mass is 10.00. The number of likely N-dealkylation sites (tertiary alicyclic amines) is 1. The van der Waals surface area contributed by atoms with Crippen molar-refractivity contribution in [3.05, 3.63) is 59.9 Å². The summed E-state index contributed by atoms with van der Waals surface area (Å²) in [6.45, 7) is 3.33. The molecule has 0 unspecified atom stereocenters. The van der Waals surface area contributed by atoms with E-state index in [0.29, 0.717) is 31.6 Å². The highest BCUT2D eigenvalue weighted by Gasteiger charge is 2.30. The number of aromatic nitrogens is 1. The van der Waals surface area contributed by atoms with Crippen molar-refractivity contribution in [2.24, 2.45) is 0 Å². The summed E-state index contributed by atoms with van der Waals surface area (Å²) in [6, 6.07) is 13.2. The van der Waals surface area contributed by atoms with Gasteiger partial charge in [-0.2, -0.15) is 0 Å². The van der Waals surface area contributed by atoms with Crippen molar-refractivity contribution >= 4 is 11.6 Å². The third-order valence-electron chi connectivity index (χ3n) is 4.41. The van der Waals surface area contributed by atoms with E-state index < -0.39 is 0 Å². The second-order valence-electron chi connectivity index (χ2n) is 6.26. The van der Waals surface area contributed by atoms with E-state index in [-0.39, 0.29) is 18.1 Å². The Morgan fingerprint density at radius 3 is 2.54 bits per heavy atom. The second kappa shape index (κ2) is 7.55. The summed E-state index contributed by atoms with van der Waals surface area (Å²) in [6.07, 6.45) is 2.81. The molecule has 1 fully saturated rings. The average Bonchev–Trinajstić information content (AvgIpc) is 2.60. The van der Waals surface area contributed by atoms with Gasteiger partial charge in [-0.05, 0) is 37.5 Å². The molecule has 0 spiro atoms. The Bertz CT molecular complexity index is 665. The van der Waals surface area contributed by atoms with Crippen LogP contribution in [0.4, 0.5) is 5.69 Å². The summed E-state index contributed by atoms with van der Waals surface area (Å²) < 4.78 is 0. The molecule has 0 saturated carbocycles. The number of hydrogen-bond acceptors (Lipinski definition) is 4. The van der Waals surface area contributed by atoms with Crippen LogP contribution < -0.4 is 5.32 Å². The standard InChI is InChI=1S/C19H23N3O2/c1-14-7-8-16(13-20-14)21-19(24)18(15-5-3-2-4-6-15)22-11-9-17(23)10-12-22/h2-8,13,17-18,23H,9-12H2,1H3,(H,21,24)/t18-/m1/s1. The first-order valence-electron chi connectivity index (χ1n) is 8.34. The Labute approximate surface area is 142 Å². The molecule has 2 heterocycles. The lowest BCUT2D eigenvalue weighted by molar-refractivity contribution is -0.122. The van der Waals surface area contributed by atoms with Gasteiger partial charge in [0.2, 0.25) is 5.91 Å². The fourth-order valence-electron chi connectivity index (χ4n) is 3.06. The van der Waals surface area contributed by atoms with E-state index in [1.807, 2.05) is 49.4 Å². The Hall–Kier alpha value is -2.24. The number of nitrogens with one attached hydrogen (secondary N) is 1. The Morgan fingerprint density at radius 1 is 1.21 bits per heavy atom. The first-order valence-corrected chi connectivity index (χ1v) is 8.34. The summed E-state index contributed by atoms with van der Waals surface area (Å²) in [5.41, 5.74) is 2.58. The molecule has 126 valence electrons. The number of nitrogens with zero attached hydrogens (tertiary/aromatic N) is 2. The number of aliphatic hydroxyl groups excluding tert-OH is 1. The van der Waals surface area contributed by atoms with E-state index in [2.05, 4.69) is 15.2 Å². The van der Waals surface area contributed by atoms with Crippen molar-refractivity contribution < 1.29 is 9.90 Å². The van der Waals surface area contributed by atoms with Crippen LogP contribution in [-0.2, 0) is 4.79 Å². The fraction of sp³-hybridized carbons (Fsp3) is 0.368. The molecule has 2 N–H and O–H groups in total. The molecule has 1 aliphatic heterocycles. The molecule has 0 radical (unpaired) electrons. The number of hydrogen-bond donors (Lipinski definition) is 2. The molecular weight excluding hydrogens is 302 g/mol. The largest absolute Gasteiger partial charge is 0.393 e. The highest BCUT2D eigenvalue weighted by Crippen LogP contribution is 2.26. The van der Waals surface area contributed by atoms with Crippen LogP contribution in [0.15, 0.2) is 48.7 Å². The molecule has 1 aromatic carbocycles. The van der Waals surface area contributed by atoms with Crippen LogP contribution in [0.25, 0.3) is 0 Å². The van der Waals surface area contributed by atoms with Crippen LogP contribution >= 0.6 is 0 Å². The maximum Gasteiger partial charge on any atom is 0.246 e. The highest BCUT2D eigenvalue weighted by molar-refractivity contribution is 5.95. The number of carbonyl (C=O) groups excluding carboxylic acids is 1. The normalized spacial score (nSPS) is 17.4. The average molecular weight is 325 g/mol. The third-order valence-corrected chi connectivity index (χ3v) is 4.41. The first kappa shape index (κ1) is 16.6. The Kier molecular flexibility index (Phi) is 5.23. The number of anilines is 1. The summed E-state index contributed by atoms with van der Waals surface area (Å²) in [5, 5.41) is 12.7. The van der Waals surface area contributed by atoms with Crippen LogP contribution in [-0.4, -0.2) is 40.1 Å². The van der Waals surface area contributed by atoms with Crippen LogP contribution in [0.5, 0.6) is 0 Å². The van der Waals surface area contributed by atoms with Crippen LogP contribution in [0.2, 0.25) is 0 Å². The first-order chi connectivity index (χ1) is 11.6. The number of aliphatic hydroxyl groups is 1. The number of piperidine rings is 1. The van der Waals surface area contributed by atoms with Gasteiger partial charge >= 0.3 is 0 Å². The molecule has 0 aliphatic carbocycles. The molecule has 1 saturated heterocycles. The molecule has 24 heavy (non-hydrogen) atoms. The second-order valence-corrected chi connectivity index (χ2v) is 6.26. The maximum absolute atomic E-state index is 12.9. The van der Waals surface area contributed by atoms with Gasteiger partial charge < -0.3 is 10.4 Å². The SMILES string of the molecule is Cc1ccc(NC(=O)[C@@H](c2ccccc2)N2CCC(O)CC2)cn1. The lowest BCUT2D eigenvalue weighted by Crippen LogP contribution is -2.43. The summed E-state index contributed by atoms with van der Waals surface area (Å²) in [4.78, 5) is 19.3. The molecule has 3 rings (SSSR count). The number of carbonyl (C=O) groups is 1.